The fraction of sp³-hybridized carbons (Fsp3) is 0.722. The van der Waals surface area contributed by atoms with Crippen LogP contribution in [0, 0.1) is 11.3 Å². The van der Waals surface area contributed by atoms with Crippen LogP contribution in [0.15, 0.2) is 4.42 Å². The summed E-state index contributed by atoms with van der Waals surface area (Å²) in [5.74, 6) is 1.70. The highest BCUT2D eigenvalue weighted by Gasteiger charge is 2.33. The number of aromatic nitrogens is 1. The third-order valence-electron chi connectivity index (χ3n) is 5.32. The molecule has 0 bridgehead atoms. The van der Waals surface area contributed by atoms with Crippen LogP contribution in [0.25, 0.3) is 0 Å². The minimum atomic E-state index is 0.0586. The van der Waals surface area contributed by atoms with Gasteiger partial charge in [0, 0.05) is 32.1 Å². The van der Waals surface area contributed by atoms with E-state index in [4.69, 9.17) is 9.15 Å². The fourth-order valence-electron chi connectivity index (χ4n) is 3.61. The molecule has 0 atom stereocenters. The lowest BCUT2D eigenvalue weighted by Gasteiger charge is -2.34. The van der Waals surface area contributed by atoms with Gasteiger partial charge < -0.3 is 19.0 Å². The van der Waals surface area contributed by atoms with E-state index >= 15 is 0 Å². The highest BCUT2D eigenvalue weighted by Crippen LogP contribution is 2.41. The molecule has 1 aliphatic heterocycles. The monoisotopic (exact) mass is 344 g/mol. The second-order valence-electron chi connectivity index (χ2n) is 7.18. The number of carbonyl (C=O) groups excluding carboxylic acids is 1. The van der Waals surface area contributed by atoms with Gasteiger partial charge in [0.2, 0.25) is 23.4 Å². The molecule has 0 radical (unpaired) electrons. The Morgan fingerprint density at radius 1 is 1.20 bits per heavy atom. The molecule has 0 spiro atoms. The van der Waals surface area contributed by atoms with E-state index in [-0.39, 0.29) is 18.6 Å². The van der Waals surface area contributed by atoms with E-state index in [1.807, 2.05) is 9.80 Å². The molecular formula is C18H24N4O3. The number of nitriles is 1. The fourth-order valence-corrected chi connectivity index (χ4v) is 3.61. The third kappa shape index (κ3) is 3.64. The Bertz CT molecular complexity index is 662. The predicted molar refractivity (Wildman–Crippen MR) is 90.2 cm³/mol. The normalized spacial score (nSPS) is 21.6. The predicted octanol–water partition coefficient (Wildman–Crippen LogP) is 2.03. The number of piperazine rings is 1. The quantitative estimate of drug-likeness (QED) is 0.813. The van der Waals surface area contributed by atoms with E-state index < -0.39 is 0 Å². The van der Waals surface area contributed by atoms with Crippen LogP contribution < -0.4 is 4.90 Å². The number of hydrogen-bond donors (Lipinski definition) is 0. The topological polar surface area (TPSA) is 82.6 Å². The SMILES string of the molecule is N#Cc1nc(C2CC2)oc1N1CCN(C(=O)COC2CCCC2)CC1. The van der Waals surface area contributed by atoms with Gasteiger partial charge in [-0.2, -0.15) is 5.26 Å². The standard InChI is InChI=1S/C18H24N4O3/c19-11-15-18(25-17(20-15)13-5-6-13)22-9-7-21(8-10-22)16(23)12-24-14-3-1-2-4-14/h13-14H,1-10,12H2. The highest BCUT2D eigenvalue weighted by molar-refractivity contribution is 5.77. The molecule has 134 valence electrons. The van der Waals surface area contributed by atoms with E-state index in [9.17, 15) is 10.1 Å². The van der Waals surface area contributed by atoms with Gasteiger partial charge >= 0.3 is 0 Å². The average molecular weight is 344 g/mol. The van der Waals surface area contributed by atoms with Crippen molar-refractivity contribution in [2.45, 2.75) is 50.5 Å². The van der Waals surface area contributed by atoms with Crippen LogP contribution in [0.3, 0.4) is 0 Å². The van der Waals surface area contributed by atoms with Crippen molar-refractivity contribution in [2.75, 3.05) is 37.7 Å². The Labute approximate surface area is 147 Å². The molecule has 1 aromatic heterocycles. The molecule has 3 fully saturated rings. The highest BCUT2D eigenvalue weighted by atomic mass is 16.5. The molecule has 4 rings (SSSR count). The molecule has 3 aliphatic rings. The maximum absolute atomic E-state index is 12.3. The molecule has 2 saturated carbocycles. The summed E-state index contributed by atoms with van der Waals surface area (Å²) in [7, 11) is 0. The van der Waals surface area contributed by atoms with Gasteiger partial charge in [-0.05, 0) is 25.7 Å². The number of nitrogens with zero attached hydrogens (tertiary/aromatic N) is 4. The number of hydrogen-bond acceptors (Lipinski definition) is 6. The summed E-state index contributed by atoms with van der Waals surface area (Å²) in [6, 6.07) is 2.13. The van der Waals surface area contributed by atoms with Gasteiger partial charge in [0.25, 0.3) is 0 Å². The van der Waals surface area contributed by atoms with Crippen molar-refractivity contribution < 1.29 is 13.9 Å². The van der Waals surface area contributed by atoms with Gasteiger partial charge in [-0.15, -0.1) is 0 Å². The molecule has 0 N–H and O–H groups in total. The van der Waals surface area contributed by atoms with Crippen molar-refractivity contribution in [1.82, 2.24) is 9.88 Å². The second kappa shape index (κ2) is 7.04. The van der Waals surface area contributed by atoms with Crippen LogP contribution in [-0.2, 0) is 9.53 Å². The van der Waals surface area contributed by atoms with Gasteiger partial charge in [-0.3, -0.25) is 4.79 Å². The lowest BCUT2D eigenvalue weighted by molar-refractivity contribution is -0.138. The zero-order chi connectivity index (χ0) is 17.2. The first kappa shape index (κ1) is 16.4. The summed E-state index contributed by atoms with van der Waals surface area (Å²) in [5.41, 5.74) is 0.367. The molecule has 25 heavy (non-hydrogen) atoms. The molecule has 1 amide bonds. The molecule has 1 aromatic rings. The van der Waals surface area contributed by atoms with E-state index in [1.165, 1.54) is 12.8 Å². The minimum absolute atomic E-state index is 0.0586. The molecule has 0 aromatic carbocycles. The molecular weight excluding hydrogens is 320 g/mol. The molecule has 2 heterocycles. The summed E-state index contributed by atoms with van der Waals surface area (Å²) >= 11 is 0. The van der Waals surface area contributed by atoms with Crippen LogP contribution in [0.1, 0.15) is 56.0 Å². The van der Waals surface area contributed by atoms with Gasteiger partial charge in [0.15, 0.2) is 0 Å². The first-order valence-electron chi connectivity index (χ1n) is 9.29. The van der Waals surface area contributed by atoms with Crippen molar-refractivity contribution in [3.63, 3.8) is 0 Å². The molecule has 1 saturated heterocycles. The summed E-state index contributed by atoms with van der Waals surface area (Å²) in [5, 5.41) is 9.30. The summed E-state index contributed by atoms with van der Waals surface area (Å²) in [6.45, 7) is 2.74. The summed E-state index contributed by atoms with van der Waals surface area (Å²) in [4.78, 5) is 20.5. The Balaban J connectivity index is 1.30. The smallest absolute Gasteiger partial charge is 0.248 e. The van der Waals surface area contributed by atoms with Crippen LogP contribution in [-0.4, -0.2) is 54.7 Å². The Morgan fingerprint density at radius 2 is 1.92 bits per heavy atom. The number of amides is 1. The lowest BCUT2D eigenvalue weighted by Crippen LogP contribution is -2.50. The maximum Gasteiger partial charge on any atom is 0.248 e. The molecule has 7 nitrogen and oxygen atoms in total. The van der Waals surface area contributed by atoms with Gasteiger partial charge in [-0.1, -0.05) is 12.8 Å². The first-order valence-corrected chi connectivity index (χ1v) is 9.29. The second-order valence-corrected chi connectivity index (χ2v) is 7.18. The van der Waals surface area contributed by atoms with Crippen LogP contribution >= 0.6 is 0 Å². The van der Waals surface area contributed by atoms with Crippen molar-refractivity contribution in [3.05, 3.63) is 11.6 Å². The van der Waals surface area contributed by atoms with Crippen molar-refractivity contribution in [1.29, 1.82) is 5.26 Å². The Kier molecular flexibility index (Phi) is 4.62. The molecule has 7 heteroatoms. The van der Waals surface area contributed by atoms with E-state index in [2.05, 4.69) is 11.1 Å². The van der Waals surface area contributed by atoms with Crippen LogP contribution in [0.2, 0.25) is 0 Å². The first-order chi connectivity index (χ1) is 12.2. The Morgan fingerprint density at radius 3 is 2.56 bits per heavy atom. The summed E-state index contributed by atoms with van der Waals surface area (Å²) in [6.07, 6.45) is 7.01. The Hall–Kier alpha value is -2.07. The average Bonchev–Trinajstić information content (AvgIpc) is 3.20. The zero-order valence-electron chi connectivity index (χ0n) is 14.4. The van der Waals surface area contributed by atoms with Gasteiger partial charge in [-0.25, -0.2) is 4.98 Å². The van der Waals surface area contributed by atoms with Crippen molar-refractivity contribution in [3.8, 4) is 6.07 Å². The number of oxazole rings is 1. The van der Waals surface area contributed by atoms with Crippen LogP contribution in [0.5, 0.6) is 0 Å². The number of rotatable bonds is 5. The minimum Gasteiger partial charge on any atom is -0.423 e. The number of anilines is 1. The summed E-state index contributed by atoms with van der Waals surface area (Å²) < 4.78 is 11.6. The van der Waals surface area contributed by atoms with Crippen molar-refractivity contribution >= 4 is 11.8 Å². The third-order valence-corrected chi connectivity index (χ3v) is 5.32. The number of ether oxygens (including phenoxy) is 1. The van der Waals surface area contributed by atoms with Gasteiger partial charge in [0.1, 0.15) is 12.7 Å². The van der Waals surface area contributed by atoms with Crippen molar-refractivity contribution in [2.24, 2.45) is 0 Å². The number of carbonyl (C=O) groups is 1. The molecule has 0 unspecified atom stereocenters. The van der Waals surface area contributed by atoms with Gasteiger partial charge in [0.05, 0.1) is 6.10 Å². The lowest BCUT2D eigenvalue weighted by atomic mass is 10.3. The maximum atomic E-state index is 12.3. The van der Waals surface area contributed by atoms with E-state index in [0.29, 0.717) is 49.6 Å². The van der Waals surface area contributed by atoms with Crippen LogP contribution in [0.4, 0.5) is 5.88 Å². The van der Waals surface area contributed by atoms with E-state index in [1.54, 1.807) is 0 Å². The zero-order valence-corrected chi connectivity index (χ0v) is 14.4. The van der Waals surface area contributed by atoms with E-state index in [0.717, 1.165) is 25.7 Å². The molecule has 2 aliphatic carbocycles. The largest absolute Gasteiger partial charge is 0.423 e.